The average Bonchev–Trinajstić information content (AvgIpc) is 2.39. The molecule has 1 aromatic rings. The minimum absolute atomic E-state index is 0.367. The third-order valence-electron chi connectivity index (χ3n) is 2.54. The lowest BCUT2D eigenvalue weighted by Gasteiger charge is -2.11. The summed E-state index contributed by atoms with van der Waals surface area (Å²) in [6.45, 7) is 0.842. The first-order valence-electron chi connectivity index (χ1n) is 5.89. The zero-order valence-corrected chi connectivity index (χ0v) is 11.7. The van der Waals surface area contributed by atoms with E-state index in [1.165, 1.54) is 7.11 Å². The number of carbonyl (C=O) groups is 1. The van der Waals surface area contributed by atoms with Crippen LogP contribution in [0.4, 0.5) is 11.4 Å². The van der Waals surface area contributed by atoms with Crippen molar-refractivity contribution in [1.29, 1.82) is 0 Å². The summed E-state index contributed by atoms with van der Waals surface area (Å²) in [6, 6.07) is 5.23. The van der Waals surface area contributed by atoms with Gasteiger partial charge in [0.2, 0.25) is 0 Å². The largest absolute Gasteiger partial charge is 0.465 e. The summed E-state index contributed by atoms with van der Waals surface area (Å²) in [4.78, 5) is 11.6. The van der Waals surface area contributed by atoms with Gasteiger partial charge in [-0.1, -0.05) is 0 Å². The van der Waals surface area contributed by atoms with Gasteiger partial charge in [-0.3, -0.25) is 0 Å². The topological polar surface area (TPSA) is 64.3 Å². The van der Waals surface area contributed by atoms with E-state index in [0.717, 1.165) is 30.8 Å². The van der Waals surface area contributed by atoms with Gasteiger partial charge >= 0.3 is 5.97 Å². The molecule has 3 N–H and O–H groups in total. The maximum atomic E-state index is 11.6. The smallest absolute Gasteiger partial charge is 0.340 e. The normalized spacial score (nSPS) is 10.1. The van der Waals surface area contributed by atoms with Gasteiger partial charge in [-0.05, 0) is 43.0 Å². The van der Waals surface area contributed by atoms with Gasteiger partial charge in [-0.2, -0.15) is 11.8 Å². The molecule has 0 atom stereocenters. The van der Waals surface area contributed by atoms with Crippen LogP contribution in [0.5, 0.6) is 0 Å². The average molecular weight is 268 g/mol. The number of carbonyl (C=O) groups excluding carboxylic acids is 1. The number of ether oxygens (including phenoxy) is 1. The van der Waals surface area contributed by atoms with Crippen LogP contribution in [0.2, 0.25) is 0 Å². The van der Waals surface area contributed by atoms with E-state index >= 15 is 0 Å². The Bertz CT molecular complexity index is 397. The summed E-state index contributed by atoms with van der Waals surface area (Å²) >= 11 is 1.84. The number of anilines is 2. The highest BCUT2D eigenvalue weighted by molar-refractivity contribution is 7.98. The molecule has 0 heterocycles. The van der Waals surface area contributed by atoms with E-state index in [1.54, 1.807) is 12.1 Å². The molecular formula is C13H20N2O2S. The molecule has 0 saturated heterocycles. The number of unbranched alkanes of at least 4 members (excludes halogenated alkanes) is 1. The van der Waals surface area contributed by atoms with Gasteiger partial charge in [-0.15, -0.1) is 0 Å². The third kappa shape index (κ3) is 4.49. The summed E-state index contributed by atoms with van der Waals surface area (Å²) in [5.41, 5.74) is 7.50. The van der Waals surface area contributed by atoms with E-state index in [4.69, 9.17) is 10.5 Å². The van der Waals surface area contributed by atoms with Crippen molar-refractivity contribution in [1.82, 2.24) is 0 Å². The first-order valence-corrected chi connectivity index (χ1v) is 7.29. The van der Waals surface area contributed by atoms with E-state index < -0.39 is 0 Å². The number of hydrogen-bond acceptors (Lipinski definition) is 5. The van der Waals surface area contributed by atoms with Crippen molar-refractivity contribution >= 4 is 29.1 Å². The fourth-order valence-corrected chi connectivity index (χ4v) is 2.08. The molecule has 0 aliphatic rings. The molecular weight excluding hydrogens is 248 g/mol. The maximum absolute atomic E-state index is 11.6. The highest BCUT2D eigenvalue weighted by Gasteiger charge is 2.11. The second kappa shape index (κ2) is 7.87. The Morgan fingerprint density at radius 3 is 2.89 bits per heavy atom. The Kier molecular flexibility index (Phi) is 6.43. The summed E-state index contributed by atoms with van der Waals surface area (Å²) in [7, 11) is 1.37. The molecule has 0 unspecified atom stereocenters. The molecule has 0 aromatic heterocycles. The van der Waals surface area contributed by atoms with Crippen molar-refractivity contribution in [3.05, 3.63) is 23.8 Å². The van der Waals surface area contributed by atoms with Gasteiger partial charge in [0.1, 0.15) is 0 Å². The molecule has 1 rings (SSSR count). The third-order valence-corrected chi connectivity index (χ3v) is 3.24. The van der Waals surface area contributed by atoms with Gasteiger partial charge in [0.15, 0.2) is 0 Å². The molecule has 18 heavy (non-hydrogen) atoms. The summed E-state index contributed by atoms with van der Waals surface area (Å²) in [5.74, 6) is 0.793. The molecule has 0 bridgehead atoms. The quantitative estimate of drug-likeness (QED) is 0.452. The number of nitrogens with two attached hydrogens (primary N) is 1. The number of benzene rings is 1. The van der Waals surface area contributed by atoms with Crippen LogP contribution in [0.25, 0.3) is 0 Å². The van der Waals surface area contributed by atoms with E-state index in [9.17, 15) is 4.79 Å². The predicted molar refractivity (Wildman–Crippen MR) is 78.3 cm³/mol. The molecule has 0 aliphatic heterocycles. The summed E-state index contributed by atoms with van der Waals surface area (Å²) < 4.78 is 4.74. The van der Waals surface area contributed by atoms with Gasteiger partial charge in [0.05, 0.1) is 12.7 Å². The Morgan fingerprint density at radius 2 is 2.22 bits per heavy atom. The van der Waals surface area contributed by atoms with Crippen LogP contribution < -0.4 is 11.1 Å². The number of methoxy groups -OCH3 is 1. The fraction of sp³-hybridized carbons (Fsp3) is 0.462. The highest BCUT2D eigenvalue weighted by Crippen LogP contribution is 2.20. The zero-order chi connectivity index (χ0) is 13.4. The van der Waals surface area contributed by atoms with Crippen LogP contribution in [0.1, 0.15) is 23.2 Å². The Hall–Kier alpha value is -1.36. The highest BCUT2D eigenvalue weighted by atomic mass is 32.2. The number of esters is 1. The molecule has 100 valence electrons. The fourth-order valence-electron chi connectivity index (χ4n) is 1.59. The van der Waals surface area contributed by atoms with Crippen LogP contribution in [-0.4, -0.2) is 31.6 Å². The molecule has 0 saturated carbocycles. The lowest BCUT2D eigenvalue weighted by Crippen LogP contribution is -2.10. The van der Waals surface area contributed by atoms with Crippen LogP contribution in [0, 0.1) is 0 Å². The zero-order valence-electron chi connectivity index (χ0n) is 10.9. The van der Waals surface area contributed by atoms with Crippen LogP contribution in [0.15, 0.2) is 18.2 Å². The Balaban J connectivity index is 2.61. The van der Waals surface area contributed by atoms with Gasteiger partial charge in [0, 0.05) is 17.9 Å². The lowest BCUT2D eigenvalue weighted by molar-refractivity contribution is 0.0602. The van der Waals surface area contributed by atoms with E-state index in [2.05, 4.69) is 11.6 Å². The van der Waals surface area contributed by atoms with Crippen LogP contribution in [-0.2, 0) is 4.74 Å². The Morgan fingerprint density at radius 1 is 1.44 bits per heavy atom. The lowest BCUT2D eigenvalue weighted by atomic mass is 10.1. The van der Waals surface area contributed by atoms with Crippen LogP contribution in [0.3, 0.4) is 0 Å². The first kappa shape index (κ1) is 14.7. The van der Waals surface area contributed by atoms with Gasteiger partial charge in [0.25, 0.3) is 0 Å². The molecule has 0 amide bonds. The van der Waals surface area contributed by atoms with Crippen molar-refractivity contribution in [3.8, 4) is 0 Å². The van der Waals surface area contributed by atoms with Crippen molar-refractivity contribution in [3.63, 3.8) is 0 Å². The molecule has 4 nitrogen and oxygen atoms in total. The molecule has 5 heteroatoms. The SMILES string of the molecule is COC(=O)c1cc(N)ccc1NCCCCSC. The van der Waals surface area contributed by atoms with Crippen molar-refractivity contribution in [2.75, 3.05) is 36.7 Å². The maximum Gasteiger partial charge on any atom is 0.340 e. The summed E-state index contributed by atoms with van der Waals surface area (Å²) in [5, 5.41) is 3.25. The minimum atomic E-state index is -0.367. The molecule has 0 aliphatic carbocycles. The van der Waals surface area contributed by atoms with Gasteiger partial charge in [-0.25, -0.2) is 4.79 Å². The van der Waals surface area contributed by atoms with E-state index in [-0.39, 0.29) is 5.97 Å². The van der Waals surface area contributed by atoms with E-state index in [1.807, 2.05) is 17.8 Å². The van der Waals surface area contributed by atoms with Crippen LogP contribution >= 0.6 is 11.8 Å². The number of nitrogens with one attached hydrogen (secondary N) is 1. The van der Waals surface area contributed by atoms with Crippen molar-refractivity contribution < 1.29 is 9.53 Å². The number of hydrogen-bond donors (Lipinski definition) is 2. The van der Waals surface area contributed by atoms with Crippen molar-refractivity contribution in [2.45, 2.75) is 12.8 Å². The monoisotopic (exact) mass is 268 g/mol. The minimum Gasteiger partial charge on any atom is -0.465 e. The number of thioether (sulfide) groups is 1. The second-order valence-corrected chi connectivity index (χ2v) is 4.91. The molecule has 1 aromatic carbocycles. The molecule has 0 fully saturated rings. The predicted octanol–water partition coefficient (Wildman–Crippen LogP) is 2.61. The summed E-state index contributed by atoms with van der Waals surface area (Å²) in [6.07, 6.45) is 4.34. The van der Waals surface area contributed by atoms with E-state index in [0.29, 0.717) is 11.3 Å². The molecule has 0 radical (unpaired) electrons. The first-order chi connectivity index (χ1) is 8.69. The second-order valence-electron chi connectivity index (χ2n) is 3.92. The van der Waals surface area contributed by atoms with Crippen molar-refractivity contribution in [2.24, 2.45) is 0 Å². The molecule has 0 spiro atoms. The number of rotatable bonds is 7. The standard InChI is InChI=1S/C13H20N2O2S/c1-17-13(16)11-9-10(14)5-6-12(11)15-7-3-4-8-18-2/h5-6,9,15H,3-4,7-8,14H2,1-2H3. The Labute approximate surface area is 112 Å². The van der Waals surface area contributed by atoms with Gasteiger partial charge < -0.3 is 15.8 Å². The number of nitrogen functional groups attached to an aromatic ring is 1.